The van der Waals surface area contributed by atoms with Crippen LogP contribution >= 0.6 is 0 Å². The highest BCUT2D eigenvalue weighted by molar-refractivity contribution is 5.94. The number of nitrogens with zero attached hydrogens (tertiary/aromatic N) is 2. The van der Waals surface area contributed by atoms with Crippen LogP contribution in [0.4, 0.5) is 4.39 Å². The molecule has 0 aliphatic heterocycles. The molecule has 0 aliphatic rings. The molecule has 0 unspecified atom stereocenters. The Kier molecular flexibility index (Phi) is 6.50. The molecule has 4 aromatic rings. The first-order valence-corrected chi connectivity index (χ1v) is 10.7. The maximum atomic E-state index is 13.1. The Morgan fingerprint density at radius 1 is 1.03 bits per heavy atom. The third-order valence-corrected chi connectivity index (χ3v) is 5.52. The van der Waals surface area contributed by atoms with Crippen LogP contribution in [0.3, 0.4) is 0 Å². The van der Waals surface area contributed by atoms with Crippen molar-refractivity contribution in [2.24, 2.45) is 0 Å². The number of rotatable bonds is 8. The molecule has 0 saturated carbocycles. The molecule has 3 aromatic carbocycles. The number of amides is 1. The van der Waals surface area contributed by atoms with Gasteiger partial charge in [-0.25, -0.2) is 9.37 Å². The number of carbonyl (C=O) groups is 1. The summed E-state index contributed by atoms with van der Waals surface area (Å²) >= 11 is 0. The van der Waals surface area contributed by atoms with Gasteiger partial charge in [-0.05, 0) is 79.9 Å². The fourth-order valence-corrected chi connectivity index (χ4v) is 3.59. The number of imidazole rings is 1. The highest BCUT2D eigenvalue weighted by Crippen LogP contribution is 2.19. The third-order valence-electron chi connectivity index (χ3n) is 5.52. The first-order valence-electron chi connectivity index (χ1n) is 10.7. The number of ether oxygens (including phenoxy) is 1. The summed E-state index contributed by atoms with van der Waals surface area (Å²) in [4.78, 5) is 17.1. The lowest BCUT2D eigenvalue weighted by Crippen LogP contribution is -2.25. The Bertz CT molecular complexity index is 1230. The number of hydrogen-bond donors (Lipinski definition) is 1. The summed E-state index contributed by atoms with van der Waals surface area (Å²) in [6.45, 7) is 5.73. The molecule has 0 radical (unpaired) electrons. The highest BCUT2D eigenvalue weighted by Gasteiger charge is 2.12. The Balaban J connectivity index is 1.42. The van der Waals surface area contributed by atoms with Crippen LogP contribution in [0.2, 0.25) is 0 Å². The smallest absolute Gasteiger partial charge is 0.251 e. The van der Waals surface area contributed by atoms with E-state index in [0.717, 1.165) is 29.0 Å². The fraction of sp³-hybridized carbons (Fsp3) is 0.231. The molecular weight excluding hydrogens is 405 g/mol. The molecular formula is C26H26FN3O2. The molecule has 0 saturated heterocycles. The van der Waals surface area contributed by atoms with Gasteiger partial charge in [-0.15, -0.1) is 0 Å². The zero-order chi connectivity index (χ0) is 22.5. The molecule has 5 nitrogen and oxygen atoms in total. The average Bonchev–Trinajstić information content (AvgIpc) is 3.15. The Labute approximate surface area is 186 Å². The van der Waals surface area contributed by atoms with Gasteiger partial charge in [0, 0.05) is 12.1 Å². The zero-order valence-corrected chi connectivity index (χ0v) is 18.3. The predicted molar refractivity (Wildman–Crippen MR) is 123 cm³/mol. The number of benzene rings is 3. The van der Waals surface area contributed by atoms with Gasteiger partial charge in [0.2, 0.25) is 0 Å². The van der Waals surface area contributed by atoms with Crippen molar-refractivity contribution in [1.29, 1.82) is 0 Å². The zero-order valence-electron chi connectivity index (χ0n) is 18.3. The lowest BCUT2D eigenvalue weighted by Gasteiger charge is -2.12. The van der Waals surface area contributed by atoms with Crippen molar-refractivity contribution in [3.63, 3.8) is 0 Å². The fourth-order valence-electron chi connectivity index (χ4n) is 3.59. The van der Waals surface area contributed by atoms with Gasteiger partial charge in [-0.2, -0.15) is 0 Å². The van der Waals surface area contributed by atoms with Crippen molar-refractivity contribution in [3.8, 4) is 5.75 Å². The summed E-state index contributed by atoms with van der Waals surface area (Å²) in [5.74, 6) is 1.01. The monoisotopic (exact) mass is 431 g/mol. The first kappa shape index (κ1) is 21.6. The number of para-hydroxylation sites is 2. The van der Waals surface area contributed by atoms with E-state index in [1.807, 2.05) is 30.3 Å². The van der Waals surface area contributed by atoms with E-state index in [1.54, 1.807) is 0 Å². The number of aromatic nitrogens is 2. The maximum Gasteiger partial charge on any atom is 0.251 e. The highest BCUT2D eigenvalue weighted by atomic mass is 19.1. The molecule has 0 fully saturated rings. The summed E-state index contributed by atoms with van der Waals surface area (Å²) in [6, 6.07) is 19.5. The molecule has 1 aromatic heterocycles. The summed E-state index contributed by atoms with van der Waals surface area (Å²) in [6.07, 6.45) is 0.798. The standard InChI is InChI=1S/C26H26FN3O2/c1-18-8-13-22(16-19(18)2)32-15-5-14-30-24-7-4-3-6-23(24)29-25(30)17-28-26(31)20-9-11-21(27)12-10-20/h3-4,6-13,16H,5,14-15,17H2,1-2H3,(H,28,31). The number of carbonyl (C=O) groups excluding carboxylic acids is 1. The first-order chi connectivity index (χ1) is 15.5. The van der Waals surface area contributed by atoms with Gasteiger partial charge in [0.25, 0.3) is 5.91 Å². The molecule has 1 amide bonds. The van der Waals surface area contributed by atoms with Crippen molar-refractivity contribution in [2.75, 3.05) is 6.61 Å². The van der Waals surface area contributed by atoms with Gasteiger partial charge in [0.1, 0.15) is 17.4 Å². The summed E-state index contributed by atoms with van der Waals surface area (Å²) in [7, 11) is 0. The van der Waals surface area contributed by atoms with Gasteiger partial charge in [-0.3, -0.25) is 4.79 Å². The Morgan fingerprint density at radius 3 is 2.59 bits per heavy atom. The van der Waals surface area contributed by atoms with Gasteiger partial charge in [0.15, 0.2) is 0 Å². The minimum atomic E-state index is -0.369. The number of aryl methyl sites for hydroxylation is 3. The molecule has 164 valence electrons. The molecule has 0 atom stereocenters. The summed E-state index contributed by atoms with van der Waals surface area (Å²) in [5.41, 5.74) is 4.77. The van der Waals surface area contributed by atoms with Crippen LogP contribution < -0.4 is 10.1 Å². The van der Waals surface area contributed by atoms with Crippen LogP contribution in [0.25, 0.3) is 11.0 Å². The van der Waals surface area contributed by atoms with Gasteiger partial charge in [0.05, 0.1) is 24.2 Å². The van der Waals surface area contributed by atoms with E-state index in [2.05, 4.69) is 35.9 Å². The lowest BCUT2D eigenvalue weighted by atomic mass is 10.1. The van der Waals surface area contributed by atoms with Crippen LogP contribution in [0, 0.1) is 19.7 Å². The second-order valence-electron chi connectivity index (χ2n) is 7.81. The van der Waals surface area contributed by atoms with Crippen molar-refractivity contribution in [2.45, 2.75) is 33.4 Å². The molecule has 4 rings (SSSR count). The molecule has 32 heavy (non-hydrogen) atoms. The van der Waals surface area contributed by atoms with E-state index >= 15 is 0 Å². The molecule has 1 N–H and O–H groups in total. The number of halogens is 1. The second-order valence-corrected chi connectivity index (χ2v) is 7.81. The van der Waals surface area contributed by atoms with E-state index in [-0.39, 0.29) is 18.3 Å². The number of fused-ring (bicyclic) bond motifs is 1. The van der Waals surface area contributed by atoms with Crippen LogP contribution in [0.15, 0.2) is 66.7 Å². The van der Waals surface area contributed by atoms with E-state index in [1.165, 1.54) is 35.4 Å². The minimum absolute atomic E-state index is 0.262. The molecule has 0 spiro atoms. The Morgan fingerprint density at radius 2 is 1.81 bits per heavy atom. The predicted octanol–water partition coefficient (Wildman–Crippen LogP) is 5.19. The van der Waals surface area contributed by atoms with E-state index in [9.17, 15) is 9.18 Å². The topological polar surface area (TPSA) is 56.1 Å². The van der Waals surface area contributed by atoms with Crippen LogP contribution in [-0.4, -0.2) is 22.1 Å². The van der Waals surface area contributed by atoms with Crippen LogP contribution in [0.5, 0.6) is 5.75 Å². The largest absolute Gasteiger partial charge is 0.494 e. The van der Waals surface area contributed by atoms with Crippen LogP contribution in [-0.2, 0) is 13.1 Å². The molecule has 6 heteroatoms. The minimum Gasteiger partial charge on any atom is -0.494 e. The molecule has 1 heterocycles. The average molecular weight is 432 g/mol. The summed E-state index contributed by atoms with van der Waals surface area (Å²) in [5, 5.41) is 2.89. The van der Waals surface area contributed by atoms with Crippen molar-refractivity contribution in [1.82, 2.24) is 14.9 Å². The number of hydrogen-bond acceptors (Lipinski definition) is 3. The summed E-state index contributed by atoms with van der Waals surface area (Å²) < 4.78 is 21.1. The van der Waals surface area contributed by atoms with E-state index in [4.69, 9.17) is 9.72 Å². The van der Waals surface area contributed by atoms with Crippen LogP contribution in [0.1, 0.15) is 33.7 Å². The van der Waals surface area contributed by atoms with Crippen molar-refractivity contribution >= 4 is 16.9 Å². The lowest BCUT2D eigenvalue weighted by molar-refractivity contribution is 0.0949. The van der Waals surface area contributed by atoms with Gasteiger partial charge >= 0.3 is 0 Å². The normalized spacial score (nSPS) is 11.0. The van der Waals surface area contributed by atoms with E-state index < -0.39 is 0 Å². The number of nitrogens with one attached hydrogen (secondary N) is 1. The third kappa shape index (κ3) is 4.97. The van der Waals surface area contributed by atoms with Crippen molar-refractivity contribution < 1.29 is 13.9 Å². The molecule has 0 aliphatic carbocycles. The van der Waals surface area contributed by atoms with E-state index in [0.29, 0.717) is 18.7 Å². The maximum absolute atomic E-state index is 13.1. The van der Waals surface area contributed by atoms with Crippen molar-refractivity contribution in [3.05, 3.63) is 95.1 Å². The molecule has 0 bridgehead atoms. The SMILES string of the molecule is Cc1ccc(OCCCn2c(CNC(=O)c3ccc(F)cc3)nc3ccccc32)cc1C. The quantitative estimate of drug-likeness (QED) is 0.391. The Hall–Kier alpha value is -3.67. The van der Waals surface area contributed by atoms with Gasteiger partial charge < -0.3 is 14.6 Å². The van der Waals surface area contributed by atoms with Gasteiger partial charge in [-0.1, -0.05) is 18.2 Å². The second kappa shape index (κ2) is 9.64.